The van der Waals surface area contributed by atoms with Crippen molar-refractivity contribution in [3.63, 3.8) is 0 Å². The van der Waals surface area contributed by atoms with Crippen LogP contribution in [-0.2, 0) is 23.7 Å². The SMILES string of the molecule is CCN1C[C@@]2(CO)CC[C@@H](OC)[C@]34[C@@H]5C[C@H]6[C@@H](OC)[C@@H]5[C@](OC)(C[C@@H]6OC)[C@H]([C@@H](OC)[C@@H]23)[C@H]14. The summed E-state index contributed by atoms with van der Waals surface area (Å²) in [5.41, 5.74) is -0.605. The Morgan fingerprint density at radius 3 is 2.30 bits per heavy atom. The average Bonchev–Trinajstić information content (AvgIpc) is 3.28. The fourth-order valence-corrected chi connectivity index (χ4v) is 11.3. The van der Waals surface area contributed by atoms with Crippen molar-refractivity contribution in [2.24, 2.45) is 40.4 Å². The van der Waals surface area contributed by atoms with Crippen LogP contribution in [0.5, 0.6) is 0 Å². The first-order chi connectivity index (χ1) is 16.0. The molecule has 7 nitrogen and oxygen atoms in total. The zero-order chi connectivity index (χ0) is 23.3. The van der Waals surface area contributed by atoms with E-state index < -0.39 is 0 Å². The predicted molar refractivity (Wildman–Crippen MR) is 122 cm³/mol. The lowest BCUT2D eigenvalue weighted by molar-refractivity contribution is -0.282. The summed E-state index contributed by atoms with van der Waals surface area (Å²) in [6.07, 6.45) is 4.35. The van der Waals surface area contributed by atoms with E-state index in [1.165, 1.54) is 0 Å². The molecule has 13 atom stereocenters. The van der Waals surface area contributed by atoms with Crippen LogP contribution in [0.15, 0.2) is 0 Å². The Labute approximate surface area is 198 Å². The second-order valence-corrected chi connectivity index (χ2v) is 11.9. The van der Waals surface area contributed by atoms with E-state index >= 15 is 0 Å². The van der Waals surface area contributed by atoms with Crippen molar-refractivity contribution < 1.29 is 28.8 Å². The van der Waals surface area contributed by atoms with E-state index in [2.05, 4.69) is 11.8 Å². The number of nitrogens with zero attached hydrogens (tertiary/aromatic N) is 1. The summed E-state index contributed by atoms with van der Waals surface area (Å²) >= 11 is 0. The average molecular weight is 466 g/mol. The van der Waals surface area contributed by atoms with Crippen molar-refractivity contribution in [1.29, 1.82) is 0 Å². The standard InChI is InChI=1S/C26H43NO6/c1-7-27-12-24(13-28)9-8-17(30-3)26-15-10-14-16(29-2)11-25(33-6,18(15)20(14)31-4)19(23(26)27)21(32-5)22(24)26/h14-23,28H,7-13H2,1-6H3/t14-,15-,16+,17-,18-,19-,20-,21-,22+,23+,24-,25-,26-/m1/s1. The highest BCUT2D eigenvalue weighted by Gasteiger charge is 2.86. The molecule has 0 unspecified atom stereocenters. The van der Waals surface area contributed by atoms with Crippen LogP contribution in [0.4, 0.5) is 0 Å². The van der Waals surface area contributed by atoms with Gasteiger partial charge in [0.05, 0.1) is 36.6 Å². The van der Waals surface area contributed by atoms with E-state index in [1.807, 2.05) is 35.5 Å². The van der Waals surface area contributed by atoms with Crippen LogP contribution < -0.4 is 0 Å². The Morgan fingerprint density at radius 2 is 1.73 bits per heavy atom. The Hall–Kier alpha value is -0.280. The third kappa shape index (κ3) is 2.33. The van der Waals surface area contributed by atoms with Gasteiger partial charge in [-0.2, -0.15) is 0 Å². The van der Waals surface area contributed by atoms with Gasteiger partial charge in [0.15, 0.2) is 0 Å². The maximum Gasteiger partial charge on any atom is 0.0827 e. The topological polar surface area (TPSA) is 69.6 Å². The van der Waals surface area contributed by atoms with Gasteiger partial charge in [0.25, 0.3) is 0 Å². The van der Waals surface area contributed by atoms with Crippen LogP contribution in [-0.4, -0.2) is 101 Å². The summed E-state index contributed by atoms with van der Waals surface area (Å²) in [6.45, 7) is 4.38. The molecule has 0 aromatic heterocycles. The minimum atomic E-state index is -0.371. The lowest BCUT2D eigenvalue weighted by Gasteiger charge is -2.69. The van der Waals surface area contributed by atoms with Crippen LogP contribution in [0.25, 0.3) is 0 Å². The second-order valence-electron chi connectivity index (χ2n) is 11.9. The van der Waals surface area contributed by atoms with Crippen LogP contribution in [0.3, 0.4) is 0 Å². The van der Waals surface area contributed by atoms with E-state index in [-0.39, 0.29) is 65.2 Å². The largest absolute Gasteiger partial charge is 0.396 e. The Balaban J connectivity index is 1.66. The minimum absolute atomic E-state index is 0.0220. The number of rotatable bonds is 7. The third-order valence-electron chi connectivity index (χ3n) is 11.8. The first kappa shape index (κ1) is 23.1. The molecule has 0 radical (unpaired) electrons. The summed E-state index contributed by atoms with van der Waals surface area (Å²) in [6, 6.07) is 0.315. The van der Waals surface area contributed by atoms with Gasteiger partial charge < -0.3 is 28.8 Å². The number of aliphatic hydroxyl groups is 1. The molecule has 6 rings (SSSR count). The Kier molecular flexibility index (Phi) is 5.34. The quantitative estimate of drug-likeness (QED) is 0.615. The highest BCUT2D eigenvalue weighted by molar-refractivity contribution is 5.36. The monoisotopic (exact) mass is 465 g/mol. The smallest absolute Gasteiger partial charge is 0.0827 e. The maximum absolute atomic E-state index is 11.0. The van der Waals surface area contributed by atoms with Crippen LogP contribution in [0.2, 0.25) is 0 Å². The van der Waals surface area contributed by atoms with Crippen LogP contribution in [0, 0.1) is 40.4 Å². The molecule has 5 aliphatic carbocycles. The van der Waals surface area contributed by atoms with Gasteiger partial charge in [0.2, 0.25) is 0 Å². The van der Waals surface area contributed by atoms with E-state index in [4.69, 9.17) is 23.7 Å². The van der Waals surface area contributed by atoms with E-state index in [0.29, 0.717) is 17.9 Å². The van der Waals surface area contributed by atoms with E-state index in [1.54, 1.807) is 0 Å². The molecule has 0 aromatic carbocycles. The molecule has 1 N–H and O–H groups in total. The summed E-state index contributed by atoms with van der Waals surface area (Å²) in [5, 5.41) is 11.0. The Morgan fingerprint density at radius 1 is 0.970 bits per heavy atom. The molecule has 0 amide bonds. The first-order valence-corrected chi connectivity index (χ1v) is 13.0. The highest BCUT2D eigenvalue weighted by Crippen LogP contribution is 2.80. The van der Waals surface area contributed by atoms with Gasteiger partial charge in [0, 0.05) is 89.1 Å². The van der Waals surface area contributed by atoms with Crippen molar-refractivity contribution >= 4 is 0 Å². The van der Waals surface area contributed by atoms with Gasteiger partial charge >= 0.3 is 0 Å². The van der Waals surface area contributed by atoms with Crippen molar-refractivity contribution in [3.05, 3.63) is 0 Å². The van der Waals surface area contributed by atoms with Crippen molar-refractivity contribution in [2.45, 2.75) is 68.7 Å². The number of fused-ring (bicyclic) bond motifs is 2. The molecule has 1 aliphatic heterocycles. The number of hydrogen-bond acceptors (Lipinski definition) is 7. The molecule has 5 saturated carbocycles. The van der Waals surface area contributed by atoms with Gasteiger partial charge in [-0.15, -0.1) is 0 Å². The molecule has 7 heteroatoms. The number of methoxy groups -OCH3 is 5. The van der Waals surface area contributed by atoms with Crippen molar-refractivity contribution in [1.82, 2.24) is 4.90 Å². The number of likely N-dealkylation sites (tertiary alicyclic amines) is 1. The molecule has 188 valence electrons. The van der Waals surface area contributed by atoms with Gasteiger partial charge in [0.1, 0.15) is 0 Å². The van der Waals surface area contributed by atoms with Gasteiger partial charge in [-0.05, 0) is 31.7 Å². The first-order valence-electron chi connectivity index (χ1n) is 13.0. The molecule has 1 spiro atoms. The molecule has 6 fully saturated rings. The molecular formula is C26H43NO6. The lowest BCUT2D eigenvalue weighted by atomic mass is 9.43. The number of piperidine rings is 1. The van der Waals surface area contributed by atoms with E-state index in [0.717, 1.165) is 38.8 Å². The molecule has 0 aromatic rings. The summed E-state index contributed by atoms with van der Waals surface area (Å²) < 4.78 is 32.1. The highest BCUT2D eigenvalue weighted by atomic mass is 16.5. The van der Waals surface area contributed by atoms with Crippen LogP contribution >= 0.6 is 0 Å². The molecule has 33 heavy (non-hydrogen) atoms. The molecule has 7 bridgehead atoms. The fourth-order valence-electron chi connectivity index (χ4n) is 11.3. The second kappa shape index (κ2) is 7.61. The maximum atomic E-state index is 11.0. The minimum Gasteiger partial charge on any atom is -0.396 e. The van der Waals surface area contributed by atoms with Crippen LogP contribution in [0.1, 0.15) is 32.6 Å². The fraction of sp³-hybridized carbons (Fsp3) is 1.00. The normalized spacial score (nSPS) is 58.6. The van der Waals surface area contributed by atoms with Crippen molar-refractivity contribution in [2.75, 3.05) is 55.2 Å². The molecule has 6 aliphatic rings. The summed E-state index contributed by atoms with van der Waals surface area (Å²) in [7, 11) is 9.40. The number of hydrogen-bond donors (Lipinski definition) is 1. The number of aliphatic hydroxyl groups excluding tert-OH is 1. The molecule has 1 saturated heterocycles. The molecular weight excluding hydrogens is 422 g/mol. The van der Waals surface area contributed by atoms with Gasteiger partial charge in [-0.3, -0.25) is 4.90 Å². The summed E-state index contributed by atoms with van der Waals surface area (Å²) in [5.74, 6) is 1.50. The van der Waals surface area contributed by atoms with E-state index in [9.17, 15) is 5.11 Å². The molecule has 1 heterocycles. The van der Waals surface area contributed by atoms with Crippen molar-refractivity contribution in [3.8, 4) is 0 Å². The number of ether oxygens (including phenoxy) is 5. The Bertz CT molecular complexity index is 782. The zero-order valence-corrected chi connectivity index (χ0v) is 21.2. The lowest BCUT2D eigenvalue weighted by Crippen LogP contribution is -2.76. The summed E-state index contributed by atoms with van der Waals surface area (Å²) in [4.78, 5) is 2.67. The van der Waals surface area contributed by atoms with Gasteiger partial charge in [-0.1, -0.05) is 6.92 Å². The third-order valence-corrected chi connectivity index (χ3v) is 11.8. The zero-order valence-electron chi connectivity index (χ0n) is 21.2. The predicted octanol–water partition coefficient (Wildman–Crippen LogP) is 1.81. The van der Waals surface area contributed by atoms with Gasteiger partial charge in [-0.25, -0.2) is 0 Å².